The third kappa shape index (κ3) is 1.58. The normalized spacial score (nSPS) is 13.0. The molecule has 0 aliphatic heterocycles. The highest BCUT2D eigenvalue weighted by Gasteiger charge is 1.99. The van der Waals surface area contributed by atoms with Crippen LogP contribution in [0.2, 0.25) is 0 Å². The summed E-state index contributed by atoms with van der Waals surface area (Å²) in [5.41, 5.74) is 6.65. The van der Waals surface area contributed by atoms with Crippen LogP contribution < -0.4 is 5.73 Å². The smallest absolute Gasteiger partial charge is 0.0265 e. The van der Waals surface area contributed by atoms with Crippen LogP contribution in [-0.4, -0.2) is 0 Å². The van der Waals surface area contributed by atoms with Crippen LogP contribution in [0.15, 0.2) is 30.3 Å². The van der Waals surface area contributed by atoms with Gasteiger partial charge in [-0.1, -0.05) is 37.3 Å². The van der Waals surface area contributed by atoms with Gasteiger partial charge in [0.15, 0.2) is 0 Å². The SMILES string of the molecule is CC([CH]N)c1ccccc1. The second-order valence-corrected chi connectivity index (χ2v) is 2.39. The Labute approximate surface area is 61.9 Å². The van der Waals surface area contributed by atoms with E-state index in [4.69, 9.17) is 5.73 Å². The van der Waals surface area contributed by atoms with Crippen molar-refractivity contribution in [1.29, 1.82) is 0 Å². The summed E-state index contributed by atoms with van der Waals surface area (Å²) in [6.45, 7) is 3.78. The van der Waals surface area contributed by atoms with Crippen molar-refractivity contribution in [2.45, 2.75) is 12.8 Å². The van der Waals surface area contributed by atoms with Gasteiger partial charge in [0.1, 0.15) is 0 Å². The zero-order chi connectivity index (χ0) is 7.40. The maximum atomic E-state index is 5.38. The van der Waals surface area contributed by atoms with Crippen molar-refractivity contribution in [3.8, 4) is 0 Å². The van der Waals surface area contributed by atoms with Crippen LogP contribution in [0.4, 0.5) is 0 Å². The molecule has 0 aliphatic rings. The average Bonchev–Trinajstić information content (AvgIpc) is 2.05. The van der Waals surface area contributed by atoms with Gasteiger partial charge in [0.05, 0.1) is 0 Å². The fourth-order valence-corrected chi connectivity index (χ4v) is 0.868. The first-order valence-corrected chi connectivity index (χ1v) is 3.44. The van der Waals surface area contributed by atoms with E-state index in [0.717, 1.165) is 0 Å². The van der Waals surface area contributed by atoms with E-state index in [1.165, 1.54) is 5.56 Å². The lowest BCUT2D eigenvalue weighted by Crippen LogP contribution is -2.00. The first-order valence-electron chi connectivity index (χ1n) is 3.44. The molecule has 0 heterocycles. The first kappa shape index (κ1) is 7.29. The van der Waals surface area contributed by atoms with Gasteiger partial charge in [0.2, 0.25) is 0 Å². The van der Waals surface area contributed by atoms with Crippen LogP contribution in [0.3, 0.4) is 0 Å². The Morgan fingerprint density at radius 3 is 2.40 bits per heavy atom. The second kappa shape index (κ2) is 3.37. The molecule has 1 aromatic rings. The van der Waals surface area contributed by atoms with E-state index in [1.54, 1.807) is 6.54 Å². The Bertz CT molecular complexity index is 181. The van der Waals surface area contributed by atoms with E-state index in [0.29, 0.717) is 5.92 Å². The molecule has 1 rings (SSSR count). The monoisotopic (exact) mass is 134 g/mol. The van der Waals surface area contributed by atoms with Crippen molar-refractivity contribution in [2.75, 3.05) is 0 Å². The number of hydrogen-bond acceptors (Lipinski definition) is 1. The van der Waals surface area contributed by atoms with E-state index >= 15 is 0 Å². The predicted molar refractivity (Wildman–Crippen MR) is 43.3 cm³/mol. The maximum Gasteiger partial charge on any atom is 0.0265 e. The Morgan fingerprint density at radius 2 is 1.90 bits per heavy atom. The Hall–Kier alpha value is -0.820. The second-order valence-electron chi connectivity index (χ2n) is 2.39. The summed E-state index contributed by atoms with van der Waals surface area (Å²) in [5.74, 6) is 0.362. The molecule has 10 heavy (non-hydrogen) atoms. The lowest BCUT2D eigenvalue weighted by Gasteiger charge is -2.06. The molecule has 0 aromatic heterocycles. The summed E-state index contributed by atoms with van der Waals surface area (Å²) in [6, 6.07) is 10.2. The van der Waals surface area contributed by atoms with Crippen molar-refractivity contribution in [3.05, 3.63) is 42.4 Å². The van der Waals surface area contributed by atoms with Gasteiger partial charge in [0.25, 0.3) is 0 Å². The minimum atomic E-state index is 0.362. The molecule has 1 nitrogen and oxygen atoms in total. The van der Waals surface area contributed by atoms with Crippen molar-refractivity contribution >= 4 is 0 Å². The summed E-state index contributed by atoms with van der Waals surface area (Å²) in [5, 5.41) is 0. The molecule has 0 bridgehead atoms. The quantitative estimate of drug-likeness (QED) is 0.657. The van der Waals surface area contributed by atoms with Crippen LogP contribution in [0, 0.1) is 6.54 Å². The van der Waals surface area contributed by atoms with Gasteiger partial charge in [-0.05, 0) is 11.5 Å². The van der Waals surface area contributed by atoms with Crippen LogP contribution in [0.25, 0.3) is 0 Å². The summed E-state index contributed by atoms with van der Waals surface area (Å²) < 4.78 is 0. The van der Waals surface area contributed by atoms with Gasteiger partial charge in [-0.3, -0.25) is 0 Å². The fraction of sp³-hybridized carbons (Fsp3) is 0.222. The number of nitrogens with two attached hydrogens (primary N) is 1. The first-order chi connectivity index (χ1) is 4.84. The van der Waals surface area contributed by atoms with E-state index < -0.39 is 0 Å². The molecule has 1 radical (unpaired) electrons. The predicted octanol–water partition coefficient (Wildman–Crippen LogP) is 1.91. The van der Waals surface area contributed by atoms with E-state index in [-0.39, 0.29) is 0 Å². The van der Waals surface area contributed by atoms with E-state index in [1.807, 2.05) is 18.2 Å². The molecule has 1 atom stereocenters. The van der Waals surface area contributed by atoms with Crippen LogP contribution in [0.1, 0.15) is 18.4 Å². The molecule has 0 amide bonds. The van der Waals surface area contributed by atoms with Gasteiger partial charge in [0, 0.05) is 6.54 Å². The van der Waals surface area contributed by atoms with Crippen LogP contribution >= 0.6 is 0 Å². The van der Waals surface area contributed by atoms with E-state index in [2.05, 4.69) is 19.1 Å². The third-order valence-electron chi connectivity index (χ3n) is 1.61. The molecule has 1 aromatic carbocycles. The summed E-state index contributed by atoms with van der Waals surface area (Å²) in [6.07, 6.45) is 0. The molecule has 53 valence electrons. The molecule has 0 aliphatic carbocycles. The lowest BCUT2D eigenvalue weighted by atomic mass is 10.0. The summed E-state index contributed by atoms with van der Waals surface area (Å²) in [7, 11) is 0. The molecule has 0 saturated heterocycles. The highest BCUT2D eigenvalue weighted by molar-refractivity contribution is 5.20. The van der Waals surface area contributed by atoms with Crippen LogP contribution in [0.5, 0.6) is 0 Å². The van der Waals surface area contributed by atoms with Crippen molar-refractivity contribution < 1.29 is 0 Å². The van der Waals surface area contributed by atoms with Gasteiger partial charge in [-0.15, -0.1) is 0 Å². The standard InChI is InChI=1S/C9H12N/c1-8(7-10)9-5-3-2-4-6-9/h2-8H,10H2,1H3. The van der Waals surface area contributed by atoms with Gasteiger partial charge < -0.3 is 5.73 Å². The zero-order valence-electron chi connectivity index (χ0n) is 6.12. The minimum Gasteiger partial charge on any atom is -0.326 e. The third-order valence-corrected chi connectivity index (χ3v) is 1.61. The Kier molecular flexibility index (Phi) is 2.46. The molecule has 0 saturated carbocycles. The van der Waals surface area contributed by atoms with Crippen molar-refractivity contribution in [2.24, 2.45) is 5.73 Å². The minimum absolute atomic E-state index is 0.362. The Balaban J connectivity index is 2.75. The molecule has 0 spiro atoms. The topological polar surface area (TPSA) is 26.0 Å². The molecular weight excluding hydrogens is 122 g/mol. The average molecular weight is 134 g/mol. The summed E-state index contributed by atoms with van der Waals surface area (Å²) in [4.78, 5) is 0. The van der Waals surface area contributed by atoms with Gasteiger partial charge in [-0.25, -0.2) is 0 Å². The molecule has 2 N–H and O–H groups in total. The largest absolute Gasteiger partial charge is 0.326 e. The van der Waals surface area contributed by atoms with Crippen molar-refractivity contribution in [1.82, 2.24) is 0 Å². The number of rotatable bonds is 2. The van der Waals surface area contributed by atoms with Crippen LogP contribution in [-0.2, 0) is 0 Å². The van der Waals surface area contributed by atoms with Crippen molar-refractivity contribution in [3.63, 3.8) is 0 Å². The zero-order valence-corrected chi connectivity index (χ0v) is 6.12. The highest BCUT2D eigenvalue weighted by Crippen LogP contribution is 2.13. The Morgan fingerprint density at radius 1 is 1.30 bits per heavy atom. The molecular formula is C9H12N. The van der Waals surface area contributed by atoms with Gasteiger partial charge in [-0.2, -0.15) is 0 Å². The summed E-state index contributed by atoms with van der Waals surface area (Å²) >= 11 is 0. The van der Waals surface area contributed by atoms with Gasteiger partial charge >= 0.3 is 0 Å². The fourth-order valence-electron chi connectivity index (χ4n) is 0.868. The number of benzene rings is 1. The lowest BCUT2D eigenvalue weighted by molar-refractivity contribution is 0.870. The molecule has 1 unspecified atom stereocenters. The number of hydrogen-bond donors (Lipinski definition) is 1. The van der Waals surface area contributed by atoms with E-state index in [9.17, 15) is 0 Å². The maximum absolute atomic E-state index is 5.38. The molecule has 0 fully saturated rings. The molecule has 1 heteroatoms. The highest BCUT2D eigenvalue weighted by atomic mass is 14.5.